The first-order valence-electron chi connectivity index (χ1n) is 5.08. The molecule has 0 heterocycles. The van der Waals surface area contributed by atoms with Crippen LogP contribution in [0.3, 0.4) is 0 Å². The van der Waals surface area contributed by atoms with Gasteiger partial charge in [0.2, 0.25) is 0 Å². The van der Waals surface area contributed by atoms with Crippen molar-refractivity contribution < 1.29 is 0 Å². The zero-order valence-electron chi connectivity index (χ0n) is 8.46. The summed E-state index contributed by atoms with van der Waals surface area (Å²) < 4.78 is 0. The van der Waals surface area contributed by atoms with E-state index in [0.717, 1.165) is 23.9 Å². The Morgan fingerprint density at radius 3 is 2.57 bits per heavy atom. The van der Waals surface area contributed by atoms with Crippen LogP contribution in [-0.4, -0.2) is 6.54 Å². The predicted octanol–water partition coefficient (Wildman–Crippen LogP) is 2.87. The Morgan fingerprint density at radius 1 is 1.43 bits per heavy atom. The summed E-state index contributed by atoms with van der Waals surface area (Å²) in [5, 5.41) is 0.810. The molecule has 0 spiro atoms. The molecule has 1 aromatic carbocycles. The lowest BCUT2D eigenvalue weighted by Gasteiger charge is -2.10. The zero-order chi connectivity index (χ0) is 10.2. The Hall–Kier alpha value is -0.530. The molecule has 0 amide bonds. The first kappa shape index (κ1) is 10.0. The van der Waals surface area contributed by atoms with E-state index >= 15 is 0 Å². The summed E-state index contributed by atoms with van der Waals surface area (Å²) in [7, 11) is 0. The Balaban J connectivity index is 2.02. The normalized spacial score (nSPS) is 30.4. The van der Waals surface area contributed by atoms with Crippen molar-refractivity contribution in [3.63, 3.8) is 0 Å². The first-order valence-corrected chi connectivity index (χ1v) is 5.46. The van der Waals surface area contributed by atoms with Crippen molar-refractivity contribution in [3.05, 3.63) is 34.9 Å². The van der Waals surface area contributed by atoms with E-state index in [2.05, 4.69) is 19.1 Å². The number of rotatable bonds is 3. The highest BCUT2D eigenvalue weighted by molar-refractivity contribution is 6.30. The van der Waals surface area contributed by atoms with E-state index in [4.69, 9.17) is 17.3 Å². The fourth-order valence-corrected chi connectivity index (χ4v) is 2.28. The lowest BCUT2D eigenvalue weighted by Crippen LogP contribution is -2.10. The van der Waals surface area contributed by atoms with E-state index < -0.39 is 0 Å². The lowest BCUT2D eigenvalue weighted by atomic mass is 9.96. The maximum Gasteiger partial charge on any atom is 0.0406 e. The van der Waals surface area contributed by atoms with Gasteiger partial charge < -0.3 is 5.73 Å². The quantitative estimate of drug-likeness (QED) is 0.814. The first-order chi connectivity index (χ1) is 6.64. The van der Waals surface area contributed by atoms with Crippen LogP contribution < -0.4 is 5.73 Å². The van der Waals surface area contributed by atoms with Crippen molar-refractivity contribution in [1.29, 1.82) is 0 Å². The van der Waals surface area contributed by atoms with E-state index in [1.165, 1.54) is 12.0 Å². The van der Waals surface area contributed by atoms with Gasteiger partial charge in [-0.1, -0.05) is 30.7 Å². The monoisotopic (exact) mass is 209 g/mol. The molecule has 2 N–H and O–H groups in total. The van der Waals surface area contributed by atoms with Crippen LogP contribution in [0.25, 0.3) is 0 Å². The van der Waals surface area contributed by atoms with Crippen molar-refractivity contribution in [3.8, 4) is 0 Å². The van der Waals surface area contributed by atoms with Gasteiger partial charge in [-0.05, 0) is 48.4 Å². The van der Waals surface area contributed by atoms with Crippen molar-refractivity contribution in [2.24, 2.45) is 17.1 Å². The van der Waals surface area contributed by atoms with Crippen LogP contribution in [-0.2, 0) is 6.42 Å². The van der Waals surface area contributed by atoms with E-state index in [9.17, 15) is 0 Å². The Morgan fingerprint density at radius 2 is 2.07 bits per heavy atom. The highest BCUT2D eigenvalue weighted by Gasteiger charge is 2.48. The predicted molar refractivity (Wildman–Crippen MR) is 60.4 cm³/mol. The summed E-state index contributed by atoms with van der Waals surface area (Å²) in [6, 6.07) is 8.14. The average Bonchev–Trinajstić information content (AvgIpc) is 2.81. The van der Waals surface area contributed by atoms with Crippen LogP contribution in [0.15, 0.2) is 24.3 Å². The fraction of sp³-hybridized carbons (Fsp3) is 0.500. The third-order valence-electron chi connectivity index (χ3n) is 3.34. The zero-order valence-corrected chi connectivity index (χ0v) is 9.22. The molecular formula is C12H16ClN. The second kappa shape index (κ2) is 3.56. The molecule has 1 saturated carbocycles. The van der Waals surface area contributed by atoms with Gasteiger partial charge in [0.05, 0.1) is 0 Å². The Kier molecular flexibility index (Phi) is 2.54. The second-order valence-electron chi connectivity index (χ2n) is 4.59. The van der Waals surface area contributed by atoms with Gasteiger partial charge in [-0.2, -0.15) is 0 Å². The van der Waals surface area contributed by atoms with Gasteiger partial charge in [-0.3, -0.25) is 0 Å². The van der Waals surface area contributed by atoms with Crippen LogP contribution in [0.1, 0.15) is 18.9 Å². The van der Waals surface area contributed by atoms with Gasteiger partial charge in [0.15, 0.2) is 0 Å². The molecule has 1 fully saturated rings. The summed E-state index contributed by atoms with van der Waals surface area (Å²) in [6.07, 6.45) is 2.40. The molecule has 1 aliphatic carbocycles. The summed E-state index contributed by atoms with van der Waals surface area (Å²) in [4.78, 5) is 0. The van der Waals surface area contributed by atoms with Crippen LogP contribution in [0.4, 0.5) is 0 Å². The van der Waals surface area contributed by atoms with Gasteiger partial charge in [0.25, 0.3) is 0 Å². The van der Waals surface area contributed by atoms with Crippen LogP contribution in [0.2, 0.25) is 5.02 Å². The molecule has 1 aliphatic rings. The third kappa shape index (κ3) is 1.94. The molecule has 0 saturated heterocycles. The molecule has 2 heteroatoms. The van der Waals surface area contributed by atoms with E-state index in [1.807, 2.05) is 12.1 Å². The molecule has 0 bridgehead atoms. The molecular weight excluding hydrogens is 194 g/mol. The minimum atomic E-state index is 0.447. The summed E-state index contributed by atoms with van der Waals surface area (Å²) in [5.41, 5.74) is 7.48. The minimum Gasteiger partial charge on any atom is -0.330 e. The molecule has 0 aromatic heterocycles. The number of benzene rings is 1. The van der Waals surface area contributed by atoms with Crippen molar-refractivity contribution in [2.45, 2.75) is 19.8 Å². The molecule has 2 atom stereocenters. The molecule has 0 aliphatic heterocycles. The maximum absolute atomic E-state index is 5.83. The van der Waals surface area contributed by atoms with E-state index in [1.54, 1.807) is 0 Å². The largest absolute Gasteiger partial charge is 0.330 e. The maximum atomic E-state index is 5.83. The molecule has 14 heavy (non-hydrogen) atoms. The van der Waals surface area contributed by atoms with Gasteiger partial charge in [0, 0.05) is 5.02 Å². The minimum absolute atomic E-state index is 0.447. The summed E-state index contributed by atoms with van der Waals surface area (Å²) >= 11 is 5.83. The highest BCUT2D eigenvalue weighted by Crippen LogP contribution is 2.53. The van der Waals surface area contributed by atoms with Gasteiger partial charge >= 0.3 is 0 Å². The lowest BCUT2D eigenvalue weighted by molar-refractivity contribution is 0.504. The second-order valence-corrected chi connectivity index (χ2v) is 5.03. The topological polar surface area (TPSA) is 26.0 Å². The highest BCUT2D eigenvalue weighted by atomic mass is 35.5. The van der Waals surface area contributed by atoms with Crippen LogP contribution in [0.5, 0.6) is 0 Å². The van der Waals surface area contributed by atoms with E-state index in [0.29, 0.717) is 5.41 Å². The SMILES string of the molecule is CC1(Cc2ccc(Cl)cc2)CC1CN. The van der Waals surface area contributed by atoms with Gasteiger partial charge in [-0.25, -0.2) is 0 Å². The smallest absolute Gasteiger partial charge is 0.0406 e. The number of halogens is 1. The fourth-order valence-electron chi connectivity index (χ4n) is 2.16. The third-order valence-corrected chi connectivity index (χ3v) is 3.60. The van der Waals surface area contributed by atoms with Gasteiger partial charge in [-0.15, -0.1) is 0 Å². The molecule has 0 radical (unpaired) electrons. The average molecular weight is 210 g/mol. The number of nitrogens with two attached hydrogens (primary N) is 1. The molecule has 1 nitrogen and oxygen atoms in total. The molecule has 1 aromatic rings. The number of hydrogen-bond donors (Lipinski definition) is 1. The molecule has 76 valence electrons. The van der Waals surface area contributed by atoms with E-state index in [-0.39, 0.29) is 0 Å². The molecule has 2 unspecified atom stereocenters. The van der Waals surface area contributed by atoms with Crippen molar-refractivity contribution >= 4 is 11.6 Å². The van der Waals surface area contributed by atoms with Gasteiger partial charge in [0.1, 0.15) is 0 Å². The standard InChI is InChI=1S/C12H16ClN/c1-12(7-10(12)8-14)6-9-2-4-11(13)5-3-9/h2-5,10H,6-8,14H2,1H3. The van der Waals surface area contributed by atoms with Crippen molar-refractivity contribution in [1.82, 2.24) is 0 Å². The summed E-state index contributed by atoms with van der Waals surface area (Å²) in [5.74, 6) is 0.721. The summed E-state index contributed by atoms with van der Waals surface area (Å²) in [6.45, 7) is 3.14. The van der Waals surface area contributed by atoms with Crippen LogP contribution >= 0.6 is 11.6 Å². The Labute approximate surface area is 90.3 Å². The van der Waals surface area contributed by atoms with Crippen molar-refractivity contribution in [2.75, 3.05) is 6.54 Å². The molecule has 2 rings (SSSR count). The Bertz CT molecular complexity index is 320. The van der Waals surface area contributed by atoms with Crippen LogP contribution in [0, 0.1) is 11.3 Å². The number of hydrogen-bond acceptors (Lipinski definition) is 1.